The van der Waals surface area contributed by atoms with Crippen molar-refractivity contribution in [3.63, 3.8) is 0 Å². The molecule has 0 saturated carbocycles. The standard InChI is InChI=1S/C15H20N2S/c1-7-11(4)12(5)8-14(10(2)3)17-15-9-16-13(6)18-15/h7-9,17H,1-2H2,3-6H3/b12-11+,14-8+. The minimum Gasteiger partial charge on any atom is -0.346 e. The topological polar surface area (TPSA) is 24.9 Å². The smallest absolute Gasteiger partial charge is 0.113 e. The molecule has 0 amide bonds. The zero-order valence-corrected chi connectivity index (χ0v) is 12.3. The van der Waals surface area contributed by atoms with Gasteiger partial charge >= 0.3 is 0 Å². The van der Waals surface area contributed by atoms with Crippen LogP contribution in [0.4, 0.5) is 5.00 Å². The van der Waals surface area contributed by atoms with E-state index in [1.165, 1.54) is 5.57 Å². The molecule has 0 bridgehead atoms. The Bertz CT molecular complexity index is 518. The largest absolute Gasteiger partial charge is 0.346 e. The van der Waals surface area contributed by atoms with E-state index in [0.29, 0.717) is 0 Å². The first-order chi connectivity index (χ1) is 8.43. The van der Waals surface area contributed by atoms with Gasteiger partial charge in [-0.2, -0.15) is 0 Å². The summed E-state index contributed by atoms with van der Waals surface area (Å²) in [4.78, 5) is 4.23. The summed E-state index contributed by atoms with van der Waals surface area (Å²) in [5.41, 5.74) is 4.35. The minimum absolute atomic E-state index is 0.997. The molecule has 0 aromatic carbocycles. The number of hydrogen-bond acceptors (Lipinski definition) is 3. The van der Waals surface area contributed by atoms with Crippen LogP contribution in [-0.4, -0.2) is 4.98 Å². The number of anilines is 1. The quantitative estimate of drug-likeness (QED) is 0.766. The lowest BCUT2D eigenvalue weighted by atomic mass is 10.1. The molecule has 0 aliphatic rings. The monoisotopic (exact) mass is 260 g/mol. The fraction of sp³-hybridized carbons (Fsp3) is 0.267. The molecule has 0 aliphatic heterocycles. The van der Waals surface area contributed by atoms with Crippen LogP contribution in [0.2, 0.25) is 0 Å². The van der Waals surface area contributed by atoms with E-state index in [1.54, 1.807) is 11.3 Å². The molecule has 3 heteroatoms. The fourth-order valence-electron chi connectivity index (χ4n) is 1.31. The molecule has 96 valence electrons. The third kappa shape index (κ3) is 4.00. The van der Waals surface area contributed by atoms with Crippen LogP contribution in [0.25, 0.3) is 0 Å². The van der Waals surface area contributed by atoms with Crippen LogP contribution in [0.5, 0.6) is 0 Å². The Hall–Kier alpha value is -1.61. The normalized spacial score (nSPS) is 13.0. The van der Waals surface area contributed by atoms with E-state index in [-0.39, 0.29) is 0 Å². The van der Waals surface area contributed by atoms with Gasteiger partial charge in [0.15, 0.2) is 0 Å². The Morgan fingerprint density at radius 1 is 1.33 bits per heavy atom. The number of hydrogen-bond donors (Lipinski definition) is 1. The van der Waals surface area contributed by atoms with Gasteiger partial charge in [0.1, 0.15) is 5.00 Å². The summed E-state index contributed by atoms with van der Waals surface area (Å²) >= 11 is 1.63. The van der Waals surface area contributed by atoms with Crippen LogP contribution in [0.15, 0.2) is 53.9 Å². The molecule has 1 aromatic heterocycles. The van der Waals surface area contributed by atoms with Gasteiger partial charge in [-0.25, -0.2) is 4.98 Å². The van der Waals surface area contributed by atoms with Gasteiger partial charge in [0, 0.05) is 5.70 Å². The Morgan fingerprint density at radius 3 is 2.44 bits per heavy atom. The highest BCUT2D eigenvalue weighted by atomic mass is 32.1. The second-order valence-corrected chi connectivity index (χ2v) is 5.51. The molecule has 0 saturated heterocycles. The maximum Gasteiger partial charge on any atom is 0.113 e. The zero-order chi connectivity index (χ0) is 13.7. The van der Waals surface area contributed by atoms with Gasteiger partial charge in [0.25, 0.3) is 0 Å². The lowest BCUT2D eigenvalue weighted by Crippen LogP contribution is -1.99. The van der Waals surface area contributed by atoms with Crippen LogP contribution in [0, 0.1) is 6.92 Å². The second-order valence-electron chi connectivity index (χ2n) is 4.28. The average molecular weight is 260 g/mol. The van der Waals surface area contributed by atoms with E-state index < -0.39 is 0 Å². The van der Waals surface area contributed by atoms with E-state index in [1.807, 2.05) is 33.0 Å². The van der Waals surface area contributed by atoms with Crippen LogP contribution >= 0.6 is 11.3 Å². The summed E-state index contributed by atoms with van der Waals surface area (Å²) in [6, 6.07) is 0. The van der Waals surface area contributed by atoms with Gasteiger partial charge in [0.05, 0.1) is 11.2 Å². The molecule has 0 fully saturated rings. The Morgan fingerprint density at radius 2 is 2.00 bits per heavy atom. The van der Waals surface area contributed by atoms with Crippen LogP contribution in [-0.2, 0) is 0 Å². The lowest BCUT2D eigenvalue weighted by molar-refractivity contribution is 1.28. The lowest BCUT2D eigenvalue weighted by Gasteiger charge is -2.09. The third-order valence-corrected chi connectivity index (χ3v) is 3.46. The summed E-state index contributed by atoms with van der Waals surface area (Å²) in [6.07, 6.45) is 5.79. The molecule has 0 spiro atoms. The van der Waals surface area contributed by atoms with Crippen molar-refractivity contribution in [2.45, 2.75) is 27.7 Å². The highest BCUT2D eigenvalue weighted by Gasteiger charge is 2.03. The number of rotatable bonds is 5. The summed E-state index contributed by atoms with van der Waals surface area (Å²) in [5, 5.41) is 5.44. The average Bonchev–Trinajstić information content (AvgIpc) is 2.72. The van der Waals surface area contributed by atoms with Crippen molar-refractivity contribution < 1.29 is 0 Å². The third-order valence-electron chi connectivity index (χ3n) is 2.63. The number of aryl methyl sites for hydroxylation is 1. The molecule has 1 aromatic rings. The maximum absolute atomic E-state index is 4.23. The Kier molecular flexibility index (Phi) is 5.10. The van der Waals surface area contributed by atoms with E-state index >= 15 is 0 Å². The minimum atomic E-state index is 0.997. The van der Waals surface area contributed by atoms with E-state index in [9.17, 15) is 0 Å². The van der Waals surface area contributed by atoms with Gasteiger partial charge in [-0.3, -0.25) is 0 Å². The maximum atomic E-state index is 4.23. The Balaban J connectivity index is 3.01. The first-order valence-corrected chi connectivity index (χ1v) is 6.62. The number of aromatic nitrogens is 1. The molecule has 1 rings (SSSR count). The van der Waals surface area contributed by atoms with Gasteiger partial charge < -0.3 is 5.32 Å². The summed E-state index contributed by atoms with van der Waals surface area (Å²) in [7, 11) is 0. The molecule has 0 unspecified atom stereocenters. The molecule has 0 radical (unpaired) electrons. The first-order valence-electron chi connectivity index (χ1n) is 5.81. The molecule has 0 atom stereocenters. The van der Waals surface area contributed by atoms with Crippen molar-refractivity contribution in [1.82, 2.24) is 4.98 Å². The highest BCUT2D eigenvalue weighted by molar-refractivity contribution is 7.15. The molecule has 1 N–H and O–H groups in total. The molecule has 18 heavy (non-hydrogen) atoms. The van der Waals surface area contributed by atoms with Crippen molar-refractivity contribution in [3.05, 3.63) is 58.9 Å². The van der Waals surface area contributed by atoms with Crippen molar-refractivity contribution in [2.75, 3.05) is 5.32 Å². The van der Waals surface area contributed by atoms with E-state index in [4.69, 9.17) is 0 Å². The van der Waals surface area contributed by atoms with Crippen molar-refractivity contribution in [3.8, 4) is 0 Å². The van der Waals surface area contributed by atoms with E-state index in [2.05, 4.69) is 36.5 Å². The first kappa shape index (κ1) is 14.5. The van der Waals surface area contributed by atoms with Gasteiger partial charge in [-0.15, -0.1) is 11.3 Å². The summed E-state index contributed by atoms with van der Waals surface area (Å²) in [5.74, 6) is 0. The molecule has 1 heterocycles. The van der Waals surface area contributed by atoms with Crippen molar-refractivity contribution in [1.29, 1.82) is 0 Å². The molecule has 2 nitrogen and oxygen atoms in total. The van der Waals surface area contributed by atoms with Crippen LogP contribution in [0.1, 0.15) is 25.8 Å². The summed E-state index contributed by atoms with van der Waals surface area (Å²) < 4.78 is 0. The molecular formula is C15H20N2S. The number of thiazole rings is 1. The zero-order valence-electron chi connectivity index (χ0n) is 11.5. The SMILES string of the molecule is C=C/C(C)=C(C)/C=C(/Nc1cnc(C)s1)C(=C)C. The van der Waals surface area contributed by atoms with Gasteiger partial charge in [0.2, 0.25) is 0 Å². The van der Waals surface area contributed by atoms with Crippen molar-refractivity contribution >= 4 is 16.3 Å². The van der Waals surface area contributed by atoms with Crippen molar-refractivity contribution in [2.24, 2.45) is 0 Å². The number of allylic oxidation sites excluding steroid dienone is 5. The van der Waals surface area contributed by atoms with E-state index in [0.717, 1.165) is 26.9 Å². The number of nitrogens with zero attached hydrogens (tertiary/aromatic N) is 1. The Labute approximate surface area is 113 Å². The van der Waals surface area contributed by atoms with Crippen LogP contribution < -0.4 is 5.32 Å². The fourth-order valence-corrected chi connectivity index (χ4v) is 2.00. The number of nitrogens with one attached hydrogen (secondary N) is 1. The molecular weight excluding hydrogens is 240 g/mol. The summed E-state index contributed by atoms with van der Waals surface area (Å²) in [6.45, 7) is 15.9. The predicted octanol–water partition coefficient (Wildman–Crippen LogP) is 4.85. The van der Waals surface area contributed by atoms with Crippen LogP contribution in [0.3, 0.4) is 0 Å². The molecule has 0 aliphatic carbocycles. The van der Waals surface area contributed by atoms with Gasteiger partial charge in [-0.1, -0.05) is 19.2 Å². The van der Waals surface area contributed by atoms with Gasteiger partial charge in [-0.05, 0) is 50.5 Å². The second kappa shape index (κ2) is 6.36. The highest BCUT2D eigenvalue weighted by Crippen LogP contribution is 2.22. The predicted molar refractivity (Wildman–Crippen MR) is 81.9 cm³/mol.